The van der Waals surface area contributed by atoms with Crippen molar-refractivity contribution in [3.05, 3.63) is 11.3 Å². The van der Waals surface area contributed by atoms with Gasteiger partial charge in [-0.2, -0.15) is 5.10 Å². The van der Waals surface area contributed by atoms with Gasteiger partial charge < -0.3 is 4.74 Å². The predicted octanol–water partition coefficient (Wildman–Crippen LogP) is 3.93. The summed E-state index contributed by atoms with van der Waals surface area (Å²) < 4.78 is 44.8. The third-order valence-electron chi connectivity index (χ3n) is 5.44. The molecule has 2 fully saturated rings. The Morgan fingerprint density at radius 2 is 2.04 bits per heavy atom. The van der Waals surface area contributed by atoms with Crippen molar-refractivity contribution >= 4 is 11.9 Å². The fourth-order valence-corrected chi connectivity index (χ4v) is 3.68. The van der Waals surface area contributed by atoms with E-state index in [1.165, 1.54) is 0 Å². The molecule has 1 N–H and O–H groups in total. The lowest BCUT2D eigenvalue weighted by Crippen LogP contribution is -2.35. The number of rotatable bonds is 6. The molecule has 1 amide bonds. The summed E-state index contributed by atoms with van der Waals surface area (Å²) in [7, 11) is 1.69. The highest BCUT2D eigenvalue weighted by atomic mass is 19.1. The maximum Gasteiger partial charge on any atom is 0.413 e. The van der Waals surface area contributed by atoms with Gasteiger partial charge in [-0.15, -0.1) is 0 Å². The molecule has 1 heterocycles. The van der Waals surface area contributed by atoms with Crippen LogP contribution in [0.4, 0.5) is 23.8 Å². The van der Waals surface area contributed by atoms with Crippen LogP contribution in [-0.4, -0.2) is 41.5 Å². The minimum atomic E-state index is -1.41. The molecule has 3 rings (SSSR count). The third-order valence-corrected chi connectivity index (χ3v) is 5.44. The standard InChI is InChI=1S/C17H24F3N3O2/c1-17(4-3-5-17)13-14(10-6-11(20)7-10)22-23(2)15(13)21-16(24)25-12(8-18)9-19/h10-12H,3-9H2,1-2H3,(H,21,24). The van der Waals surface area contributed by atoms with Crippen molar-refractivity contribution in [3.63, 3.8) is 0 Å². The molecule has 1 aromatic heterocycles. The van der Waals surface area contributed by atoms with Gasteiger partial charge in [0.15, 0.2) is 6.10 Å². The van der Waals surface area contributed by atoms with Crippen molar-refractivity contribution in [2.45, 2.75) is 62.6 Å². The first kappa shape index (κ1) is 18.1. The van der Waals surface area contributed by atoms with Crippen LogP contribution in [0.3, 0.4) is 0 Å². The largest absolute Gasteiger partial charge is 0.440 e. The molecule has 140 valence electrons. The summed E-state index contributed by atoms with van der Waals surface area (Å²) in [6.45, 7) is -0.0543. The second-order valence-corrected chi connectivity index (χ2v) is 7.37. The van der Waals surface area contributed by atoms with Gasteiger partial charge >= 0.3 is 6.09 Å². The number of ether oxygens (including phenoxy) is 1. The molecule has 0 atom stereocenters. The number of nitrogens with one attached hydrogen (secondary N) is 1. The first-order chi connectivity index (χ1) is 11.9. The van der Waals surface area contributed by atoms with Gasteiger partial charge in [-0.1, -0.05) is 13.3 Å². The lowest BCUT2D eigenvalue weighted by atomic mass is 9.63. The first-order valence-electron chi connectivity index (χ1n) is 8.69. The zero-order chi connectivity index (χ0) is 18.2. The van der Waals surface area contributed by atoms with Crippen molar-refractivity contribution in [1.29, 1.82) is 0 Å². The fraction of sp³-hybridized carbons (Fsp3) is 0.765. The molecule has 5 nitrogen and oxygen atoms in total. The Balaban J connectivity index is 1.86. The molecule has 0 radical (unpaired) electrons. The molecule has 0 spiro atoms. The number of aryl methyl sites for hydroxylation is 1. The topological polar surface area (TPSA) is 56.2 Å². The summed E-state index contributed by atoms with van der Waals surface area (Å²) in [5, 5.41) is 7.12. The van der Waals surface area contributed by atoms with E-state index in [2.05, 4.69) is 17.3 Å². The van der Waals surface area contributed by atoms with E-state index in [1.807, 2.05) is 0 Å². The lowest BCUT2D eigenvalue weighted by Gasteiger charge is -2.41. The van der Waals surface area contributed by atoms with Gasteiger partial charge in [0.25, 0.3) is 0 Å². The maximum absolute atomic E-state index is 13.3. The average molecular weight is 359 g/mol. The molecule has 0 aliphatic heterocycles. The second kappa shape index (κ2) is 6.88. The Hall–Kier alpha value is -1.73. The third kappa shape index (κ3) is 3.35. The van der Waals surface area contributed by atoms with Gasteiger partial charge in [0, 0.05) is 18.5 Å². The van der Waals surface area contributed by atoms with E-state index < -0.39 is 31.7 Å². The highest BCUT2D eigenvalue weighted by molar-refractivity contribution is 5.85. The van der Waals surface area contributed by atoms with Crippen molar-refractivity contribution in [2.75, 3.05) is 18.7 Å². The molecule has 2 saturated carbocycles. The number of hydrogen-bond donors (Lipinski definition) is 1. The number of carbonyl (C=O) groups excluding carboxylic acids is 1. The van der Waals surface area contributed by atoms with Crippen LogP contribution in [0.5, 0.6) is 0 Å². The minimum absolute atomic E-state index is 0.0460. The molecule has 2 aliphatic carbocycles. The lowest BCUT2D eigenvalue weighted by molar-refractivity contribution is 0.0755. The van der Waals surface area contributed by atoms with Crippen molar-refractivity contribution in [1.82, 2.24) is 9.78 Å². The highest BCUT2D eigenvalue weighted by Crippen LogP contribution is 2.51. The Labute approximate surface area is 144 Å². The zero-order valence-electron chi connectivity index (χ0n) is 14.5. The SMILES string of the molecule is Cn1nc(C2CC(F)C2)c(C2(C)CCC2)c1NC(=O)OC(CF)CF. The van der Waals surface area contributed by atoms with Crippen LogP contribution >= 0.6 is 0 Å². The van der Waals surface area contributed by atoms with Crippen LogP contribution in [0, 0.1) is 0 Å². The molecule has 0 saturated heterocycles. The molecule has 0 bridgehead atoms. The zero-order valence-corrected chi connectivity index (χ0v) is 14.5. The summed E-state index contributed by atoms with van der Waals surface area (Å²) in [6, 6.07) is 0. The number of amides is 1. The van der Waals surface area contributed by atoms with E-state index in [1.54, 1.807) is 11.7 Å². The number of hydrogen-bond acceptors (Lipinski definition) is 3. The molecule has 8 heteroatoms. The smallest absolute Gasteiger partial charge is 0.413 e. The summed E-state index contributed by atoms with van der Waals surface area (Å²) in [6.07, 6.45) is 0.760. The van der Waals surface area contributed by atoms with Gasteiger partial charge in [0.1, 0.15) is 25.3 Å². The quantitative estimate of drug-likeness (QED) is 0.837. The number of aromatic nitrogens is 2. The van der Waals surface area contributed by atoms with Gasteiger partial charge in [0.05, 0.1) is 5.69 Å². The minimum Gasteiger partial charge on any atom is -0.440 e. The van der Waals surface area contributed by atoms with E-state index in [0.29, 0.717) is 18.7 Å². The number of anilines is 1. The van der Waals surface area contributed by atoms with Crippen LogP contribution in [-0.2, 0) is 17.2 Å². The molecular formula is C17H24F3N3O2. The van der Waals surface area contributed by atoms with Crippen molar-refractivity contribution in [2.24, 2.45) is 7.05 Å². The average Bonchev–Trinajstić information content (AvgIpc) is 2.83. The highest BCUT2D eigenvalue weighted by Gasteiger charge is 2.44. The summed E-state index contributed by atoms with van der Waals surface area (Å²) in [4.78, 5) is 12.0. The molecule has 1 aromatic rings. The number of nitrogens with zero attached hydrogens (tertiary/aromatic N) is 2. The Kier molecular flexibility index (Phi) is 4.97. The first-order valence-corrected chi connectivity index (χ1v) is 8.69. The second-order valence-electron chi connectivity index (χ2n) is 7.37. The van der Waals surface area contributed by atoms with Crippen LogP contribution in [0.25, 0.3) is 0 Å². The van der Waals surface area contributed by atoms with Gasteiger partial charge in [-0.25, -0.2) is 18.0 Å². The van der Waals surface area contributed by atoms with E-state index in [0.717, 1.165) is 30.5 Å². The molecule has 2 aliphatic rings. The molecule has 0 unspecified atom stereocenters. The van der Waals surface area contributed by atoms with E-state index >= 15 is 0 Å². The van der Waals surface area contributed by atoms with E-state index in [9.17, 15) is 18.0 Å². The fourth-order valence-electron chi connectivity index (χ4n) is 3.68. The van der Waals surface area contributed by atoms with E-state index in [4.69, 9.17) is 4.74 Å². The Morgan fingerprint density at radius 3 is 2.52 bits per heavy atom. The van der Waals surface area contributed by atoms with Crippen LogP contribution in [0.15, 0.2) is 0 Å². The number of alkyl halides is 3. The van der Waals surface area contributed by atoms with Crippen LogP contribution in [0.1, 0.15) is 56.2 Å². The van der Waals surface area contributed by atoms with Crippen molar-refractivity contribution < 1.29 is 22.7 Å². The molecule has 25 heavy (non-hydrogen) atoms. The van der Waals surface area contributed by atoms with Gasteiger partial charge in [-0.3, -0.25) is 10.00 Å². The van der Waals surface area contributed by atoms with Gasteiger partial charge in [-0.05, 0) is 31.1 Å². The predicted molar refractivity (Wildman–Crippen MR) is 87.1 cm³/mol. The normalized spacial score (nSPS) is 24.6. The summed E-state index contributed by atoms with van der Waals surface area (Å²) in [5.41, 5.74) is 1.60. The van der Waals surface area contributed by atoms with Crippen LogP contribution < -0.4 is 5.32 Å². The monoisotopic (exact) mass is 359 g/mol. The Morgan fingerprint density at radius 1 is 1.40 bits per heavy atom. The number of carbonyl (C=O) groups is 1. The molecular weight excluding hydrogens is 335 g/mol. The van der Waals surface area contributed by atoms with E-state index in [-0.39, 0.29) is 11.3 Å². The summed E-state index contributed by atoms with van der Waals surface area (Å²) in [5.74, 6) is 0.519. The van der Waals surface area contributed by atoms with Gasteiger partial charge in [0.2, 0.25) is 0 Å². The van der Waals surface area contributed by atoms with Crippen LogP contribution in [0.2, 0.25) is 0 Å². The maximum atomic E-state index is 13.3. The van der Waals surface area contributed by atoms with Crippen molar-refractivity contribution in [3.8, 4) is 0 Å². The molecule has 0 aromatic carbocycles. The summed E-state index contributed by atoms with van der Waals surface area (Å²) >= 11 is 0. The Bertz CT molecular complexity index is 635. The number of halogens is 3.